The number of carbonyl (C=O) groups excluding carboxylic acids is 2. The van der Waals surface area contributed by atoms with Crippen molar-refractivity contribution in [1.29, 1.82) is 0 Å². The Bertz CT molecular complexity index is 1730. The van der Waals surface area contributed by atoms with Crippen molar-refractivity contribution in [2.75, 3.05) is 14.2 Å². The number of carbonyl (C=O) groups is 2. The van der Waals surface area contributed by atoms with Crippen LogP contribution in [0.1, 0.15) is 31.8 Å². The summed E-state index contributed by atoms with van der Waals surface area (Å²) in [7, 11) is 2.74. The number of nitrogens with one attached hydrogen (secondary N) is 1. The summed E-state index contributed by atoms with van der Waals surface area (Å²) < 4.78 is 9.55. The lowest BCUT2D eigenvalue weighted by molar-refractivity contribution is 0.0592. The van der Waals surface area contributed by atoms with E-state index >= 15 is 0 Å². The lowest BCUT2D eigenvalue weighted by atomic mass is 9.99. The predicted molar refractivity (Wildman–Crippen MR) is 146 cm³/mol. The quantitative estimate of drug-likeness (QED) is 0.292. The van der Waals surface area contributed by atoms with Crippen LogP contribution in [0, 0.1) is 0 Å². The van der Waals surface area contributed by atoms with Gasteiger partial charge in [0.1, 0.15) is 5.82 Å². The number of rotatable bonds is 5. The van der Waals surface area contributed by atoms with Crippen LogP contribution in [0.2, 0.25) is 0 Å². The van der Waals surface area contributed by atoms with Gasteiger partial charge in [-0.1, -0.05) is 42.5 Å². The first-order valence-corrected chi connectivity index (χ1v) is 12.1. The van der Waals surface area contributed by atoms with Crippen LogP contribution >= 0.6 is 0 Å². The van der Waals surface area contributed by atoms with Gasteiger partial charge in [0.05, 0.1) is 47.8 Å². The fraction of sp³-hybridized carbons (Fsp3) is 0.0968. The van der Waals surface area contributed by atoms with Crippen LogP contribution in [0.4, 0.5) is 5.69 Å². The van der Waals surface area contributed by atoms with Crippen LogP contribution in [-0.2, 0) is 15.9 Å². The Morgan fingerprint density at radius 2 is 1.29 bits per heavy atom. The van der Waals surface area contributed by atoms with Crippen molar-refractivity contribution in [3.8, 4) is 22.5 Å². The normalized spacial score (nSPS) is 12.2. The summed E-state index contributed by atoms with van der Waals surface area (Å²) in [5.74, 6) is 0.0127. The number of H-pyrrole nitrogens is 1. The van der Waals surface area contributed by atoms with E-state index in [0.29, 0.717) is 11.1 Å². The molecule has 1 aromatic heterocycles. The molecule has 0 atom stereocenters. The molecular weight excluding hydrogens is 478 g/mol. The largest absolute Gasteiger partial charge is 0.465 e. The third kappa shape index (κ3) is 4.24. The molecule has 7 heteroatoms. The van der Waals surface area contributed by atoms with Crippen LogP contribution < -0.4 is 0 Å². The molecule has 38 heavy (non-hydrogen) atoms. The Morgan fingerprint density at radius 3 is 1.95 bits per heavy atom. The minimum absolute atomic E-state index is 0.351. The van der Waals surface area contributed by atoms with Gasteiger partial charge in [-0.3, -0.25) is 4.99 Å². The number of aliphatic imine (C=N–C) groups is 1. The van der Waals surface area contributed by atoms with Crippen LogP contribution in [0.25, 0.3) is 33.5 Å². The Hall–Kier alpha value is -5.04. The maximum Gasteiger partial charge on any atom is 0.337 e. The average Bonchev–Trinajstić information content (AvgIpc) is 3.60. The topological polar surface area (TPSA) is 93.6 Å². The summed E-state index contributed by atoms with van der Waals surface area (Å²) in [5.41, 5.74) is 9.88. The highest BCUT2D eigenvalue weighted by atomic mass is 16.5. The first kappa shape index (κ1) is 23.4. The van der Waals surface area contributed by atoms with E-state index in [0.717, 1.165) is 56.9 Å². The van der Waals surface area contributed by atoms with E-state index < -0.39 is 0 Å². The van der Waals surface area contributed by atoms with E-state index in [1.54, 1.807) is 24.3 Å². The molecule has 5 aromatic rings. The molecule has 0 aliphatic carbocycles. The second-order valence-corrected chi connectivity index (χ2v) is 9.03. The van der Waals surface area contributed by atoms with Gasteiger partial charge in [-0.15, -0.1) is 0 Å². The molecule has 0 spiro atoms. The number of methoxy groups -OCH3 is 2. The van der Waals surface area contributed by atoms with Crippen molar-refractivity contribution in [2.45, 2.75) is 6.42 Å². The van der Waals surface area contributed by atoms with E-state index in [1.807, 2.05) is 30.3 Å². The van der Waals surface area contributed by atoms with E-state index in [4.69, 9.17) is 19.5 Å². The minimum Gasteiger partial charge on any atom is -0.465 e. The number of hydrogen-bond acceptors (Lipinski definition) is 6. The predicted octanol–water partition coefficient (Wildman–Crippen LogP) is 6.15. The highest BCUT2D eigenvalue weighted by molar-refractivity contribution is 6.07. The third-order valence-electron chi connectivity index (χ3n) is 6.73. The van der Waals surface area contributed by atoms with Crippen molar-refractivity contribution >= 4 is 34.4 Å². The Labute approximate surface area is 218 Å². The van der Waals surface area contributed by atoms with Gasteiger partial charge in [0, 0.05) is 12.0 Å². The number of imidazole rings is 1. The fourth-order valence-corrected chi connectivity index (χ4v) is 4.65. The van der Waals surface area contributed by atoms with Gasteiger partial charge < -0.3 is 14.5 Å². The Kier molecular flexibility index (Phi) is 5.81. The van der Waals surface area contributed by atoms with Crippen LogP contribution in [-0.4, -0.2) is 41.8 Å². The summed E-state index contributed by atoms with van der Waals surface area (Å²) in [6.45, 7) is 0. The van der Waals surface area contributed by atoms with Gasteiger partial charge in [0.15, 0.2) is 0 Å². The standard InChI is InChI=1S/C31H23N3O4/c1-37-30(35)20-7-3-18(4-8-20)26-17-24-12-11-22(15-27(24)32-26)23-13-14-25-28(16-23)34-29(33-25)19-5-9-21(10-6-19)31(36)38-2/h3-16H,17H2,1-2H3,(H,33,34). The number of aromatic nitrogens is 2. The second-order valence-electron chi connectivity index (χ2n) is 9.03. The molecule has 1 N–H and O–H groups in total. The summed E-state index contributed by atoms with van der Waals surface area (Å²) in [6, 6.07) is 27.0. The summed E-state index contributed by atoms with van der Waals surface area (Å²) in [6.07, 6.45) is 0.741. The molecule has 7 nitrogen and oxygen atoms in total. The molecule has 0 fully saturated rings. The molecule has 0 amide bonds. The van der Waals surface area contributed by atoms with Crippen LogP contribution in [0.5, 0.6) is 0 Å². The molecule has 2 heterocycles. The number of nitrogens with zero attached hydrogens (tertiary/aromatic N) is 2. The van der Waals surface area contributed by atoms with Gasteiger partial charge in [-0.05, 0) is 64.7 Å². The highest BCUT2D eigenvalue weighted by Gasteiger charge is 2.18. The smallest absolute Gasteiger partial charge is 0.337 e. The maximum atomic E-state index is 11.7. The van der Waals surface area contributed by atoms with E-state index in [9.17, 15) is 9.59 Å². The van der Waals surface area contributed by atoms with E-state index in [2.05, 4.69) is 35.3 Å². The highest BCUT2D eigenvalue weighted by Crippen LogP contribution is 2.34. The Balaban J connectivity index is 1.26. The van der Waals surface area contributed by atoms with Crippen LogP contribution in [0.3, 0.4) is 0 Å². The second kappa shape index (κ2) is 9.44. The van der Waals surface area contributed by atoms with Gasteiger partial charge in [-0.25, -0.2) is 14.6 Å². The molecule has 186 valence electrons. The zero-order valence-corrected chi connectivity index (χ0v) is 20.8. The summed E-state index contributed by atoms with van der Waals surface area (Å²) in [5, 5.41) is 0. The molecule has 0 saturated heterocycles. The first-order chi connectivity index (χ1) is 18.5. The maximum absolute atomic E-state index is 11.7. The van der Waals surface area contributed by atoms with Crippen molar-refractivity contribution in [3.63, 3.8) is 0 Å². The number of benzene rings is 4. The molecule has 1 aliphatic heterocycles. The van der Waals surface area contributed by atoms with Crippen molar-refractivity contribution in [3.05, 3.63) is 107 Å². The number of fused-ring (bicyclic) bond motifs is 2. The molecule has 1 aliphatic rings. The van der Waals surface area contributed by atoms with Gasteiger partial charge in [0.2, 0.25) is 0 Å². The average molecular weight is 502 g/mol. The van der Waals surface area contributed by atoms with Gasteiger partial charge in [0.25, 0.3) is 0 Å². The van der Waals surface area contributed by atoms with Crippen molar-refractivity contribution in [2.24, 2.45) is 4.99 Å². The monoisotopic (exact) mass is 501 g/mol. The van der Waals surface area contributed by atoms with Gasteiger partial charge in [-0.2, -0.15) is 0 Å². The minimum atomic E-state index is -0.368. The number of hydrogen-bond donors (Lipinski definition) is 1. The zero-order valence-electron chi connectivity index (χ0n) is 20.8. The van der Waals surface area contributed by atoms with Crippen molar-refractivity contribution < 1.29 is 19.1 Å². The molecule has 0 unspecified atom stereocenters. The zero-order chi connectivity index (χ0) is 26.2. The van der Waals surface area contributed by atoms with Crippen LogP contribution in [0.15, 0.2) is 89.9 Å². The first-order valence-electron chi connectivity index (χ1n) is 12.1. The van der Waals surface area contributed by atoms with E-state index in [1.165, 1.54) is 19.8 Å². The van der Waals surface area contributed by atoms with Crippen molar-refractivity contribution in [1.82, 2.24) is 9.97 Å². The fourth-order valence-electron chi connectivity index (χ4n) is 4.65. The molecular formula is C31H23N3O4. The molecule has 0 saturated carbocycles. The number of ether oxygens (including phenoxy) is 2. The lowest BCUT2D eigenvalue weighted by Gasteiger charge is -2.04. The Morgan fingerprint density at radius 1 is 0.711 bits per heavy atom. The summed E-state index contributed by atoms with van der Waals surface area (Å²) >= 11 is 0. The lowest BCUT2D eigenvalue weighted by Crippen LogP contribution is -2.04. The number of aromatic amines is 1. The third-order valence-corrected chi connectivity index (χ3v) is 6.73. The molecule has 0 bridgehead atoms. The molecule has 0 radical (unpaired) electrons. The number of esters is 2. The molecule has 6 rings (SSSR count). The van der Waals surface area contributed by atoms with E-state index in [-0.39, 0.29) is 11.9 Å². The molecule has 4 aromatic carbocycles. The summed E-state index contributed by atoms with van der Waals surface area (Å²) in [4.78, 5) is 36.4. The van der Waals surface area contributed by atoms with Gasteiger partial charge >= 0.3 is 11.9 Å². The SMILES string of the molecule is COC(=O)c1ccc(C2=Nc3cc(-c4ccc5nc(-c6ccc(C(=O)OC)cc6)[nH]c5c4)ccc3C2)cc1.